The van der Waals surface area contributed by atoms with Gasteiger partial charge in [0.1, 0.15) is 5.82 Å². The molecule has 0 radical (unpaired) electrons. The molecule has 2 amide bonds. The molecule has 9 heteroatoms. The summed E-state index contributed by atoms with van der Waals surface area (Å²) in [5.74, 6) is -2.80. The maximum Gasteiger partial charge on any atom is 0.336 e. The summed E-state index contributed by atoms with van der Waals surface area (Å²) in [6.07, 6.45) is 1.36. The molecule has 0 bridgehead atoms. The first-order valence-corrected chi connectivity index (χ1v) is 13.7. The third-order valence-corrected chi connectivity index (χ3v) is 7.47. The number of likely N-dealkylation sites (tertiary alicyclic amines) is 1. The molecule has 4 rings (SSSR count). The Balaban J connectivity index is 1.53. The van der Waals surface area contributed by atoms with E-state index in [4.69, 9.17) is 9.47 Å². The molecule has 0 aromatic heterocycles. The van der Waals surface area contributed by atoms with E-state index in [9.17, 15) is 23.6 Å². The number of hydrogen-bond donors (Lipinski definition) is 0. The van der Waals surface area contributed by atoms with Gasteiger partial charge in [-0.15, -0.1) is 0 Å². The van der Waals surface area contributed by atoms with Gasteiger partial charge in [0.2, 0.25) is 5.91 Å². The Hall–Kier alpha value is -4.01. The first-order valence-electron chi connectivity index (χ1n) is 13.7. The van der Waals surface area contributed by atoms with Crippen molar-refractivity contribution in [3.63, 3.8) is 0 Å². The highest BCUT2D eigenvalue weighted by molar-refractivity contribution is 5.96. The van der Waals surface area contributed by atoms with Gasteiger partial charge in [0.05, 0.1) is 31.2 Å². The normalized spacial score (nSPS) is 19.4. The molecule has 212 valence electrons. The summed E-state index contributed by atoms with van der Waals surface area (Å²) in [6.45, 7) is 6.67. The molecule has 2 aliphatic rings. The number of benzene rings is 2. The average Bonchev–Trinajstić information content (AvgIpc) is 2.95. The topological polar surface area (TPSA) is 93.2 Å². The number of piperidine rings is 1. The molecule has 40 heavy (non-hydrogen) atoms. The minimum Gasteiger partial charge on any atom is -0.466 e. The van der Waals surface area contributed by atoms with E-state index < -0.39 is 17.7 Å². The highest BCUT2D eigenvalue weighted by Crippen LogP contribution is 2.38. The maximum absolute atomic E-state index is 14.7. The molecule has 0 N–H and O–H groups in total. The quantitative estimate of drug-likeness (QED) is 0.447. The number of rotatable bonds is 8. The molecule has 1 fully saturated rings. The highest BCUT2D eigenvalue weighted by atomic mass is 19.1. The Morgan fingerprint density at radius 1 is 1.00 bits per heavy atom. The third-order valence-electron chi connectivity index (χ3n) is 7.47. The fraction of sp³-hybridized carbons (Fsp3) is 0.419. The molecule has 2 atom stereocenters. The predicted octanol–water partition coefficient (Wildman–Crippen LogP) is 4.59. The van der Waals surface area contributed by atoms with Gasteiger partial charge in [0.25, 0.3) is 5.91 Å². The van der Waals surface area contributed by atoms with E-state index in [2.05, 4.69) is 0 Å². The molecular formula is C31H35FN2O6. The lowest BCUT2D eigenvalue weighted by molar-refractivity contribution is -0.149. The highest BCUT2D eigenvalue weighted by Gasteiger charge is 2.38. The van der Waals surface area contributed by atoms with Gasteiger partial charge in [-0.1, -0.05) is 30.3 Å². The molecule has 2 aromatic rings. The molecule has 0 saturated carbocycles. The Labute approximate surface area is 233 Å². The maximum atomic E-state index is 14.7. The molecule has 2 heterocycles. The van der Waals surface area contributed by atoms with E-state index in [-0.39, 0.29) is 54.4 Å². The molecule has 2 unspecified atom stereocenters. The van der Waals surface area contributed by atoms with Crippen LogP contribution < -0.4 is 0 Å². The Bertz CT molecular complexity index is 1310. The Kier molecular flexibility index (Phi) is 9.34. The number of nitrogens with zero attached hydrogens (tertiary/aromatic N) is 2. The van der Waals surface area contributed by atoms with Crippen LogP contribution >= 0.6 is 0 Å². The fourth-order valence-corrected chi connectivity index (χ4v) is 5.43. The number of amides is 2. The Morgan fingerprint density at radius 2 is 1.70 bits per heavy atom. The van der Waals surface area contributed by atoms with Gasteiger partial charge in [-0.2, -0.15) is 0 Å². The summed E-state index contributed by atoms with van der Waals surface area (Å²) in [4.78, 5) is 54.7. The van der Waals surface area contributed by atoms with Crippen molar-refractivity contribution in [2.24, 2.45) is 5.92 Å². The van der Waals surface area contributed by atoms with Crippen LogP contribution in [-0.2, 0) is 30.4 Å². The van der Waals surface area contributed by atoms with Crippen molar-refractivity contribution in [2.75, 3.05) is 26.3 Å². The smallest absolute Gasteiger partial charge is 0.336 e. The summed E-state index contributed by atoms with van der Waals surface area (Å²) < 4.78 is 25.1. The number of ether oxygens (including phenoxy) is 2. The molecule has 0 spiro atoms. The zero-order valence-corrected chi connectivity index (χ0v) is 23.2. The zero-order chi connectivity index (χ0) is 28.8. The van der Waals surface area contributed by atoms with Crippen molar-refractivity contribution in [1.82, 2.24) is 9.80 Å². The molecular weight excluding hydrogens is 515 g/mol. The monoisotopic (exact) mass is 550 g/mol. The summed E-state index contributed by atoms with van der Waals surface area (Å²) in [7, 11) is 0. The first-order chi connectivity index (χ1) is 19.2. The van der Waals surface area contributed by atoms with Gasteiger partial charge in [0, 0.05) is 36.7 Å². The first kappa shape index (κ1) is 29.0. The second kappa shape index (κ2) is 12.9. The summed E-state index contributed by atoms with van der Waals surface area (Å²) in [5, 5.41) is 0. The SMILES string of the molecule is CCOC(=O)C1=C(C)N(Cc2ccc(C(=O)N3CCCC(C(=O)OCC)C3)cc2)C(=O)CC1c1ccccc1F. The number of carbonyl (C=O) groups is 4. The van der Waals surface area contributed by atoms with Crippen LogP contribution in [0.3, 0.4) is 0 Å². The van der Waals surface area contributed by atoms with E-state index in [1.807, 2.05) is 0 Å². The van der Waals surface area contributed by atoms with Crippen LogP contribution in [0.2, 0.25) is 0 Å². The van der Waals surface area contributed by atoms with Crippen LogP contribution in [0.15, 0.2) is 59.8 Å². The van der Waals surface area contributed by atoms with Crippen molar-refractivity contribution in [3.05, 3.63) is 82.3 Å². The lowest BCUT2D eigenvalue weighted by Gasteiger charge is -2.34. The van der Waals surface area contributed by atoms with Gasteiger partial charge in [-0.3, -0.25) is 14.4 Å². The lowest BCUT2D eigenvalue weighted by atomic mass is 9.83. The van der Waals surface area contributed by atoms with Crippen molar-refractivity contribution >= 4 is 23.8 Å². The number of halogens is 1. The second-order valence-electron chi connectivity index (χ2n) is 10.0. The average molecular weight is 551 g/mol. The summed E-state index contributed by atoms with van der Waals surface area (Å²) in [5.41, 5.74) is 2.21. The molecule has 2 aliphatic heterocycles. The Morgan fingerprint density at radius 3 is 2.38 bits per heavy atom. The van der Waals surface area contributed by atoms with Crippen LogP contribution in [0.25, 0.3) is 0 Å². The third kappa shape index (κ3) is 6.24. The van der Waals surface area contributed by atoms with Gasteiger partial charge < -0.3 is 19.3 Å². The van der Waals surface area contributed by atoms with Crippen molar-refractivity contribution in [3.8, 4) is 0 Å². The standard InChI is InChI=1S/C31H35FN2O6/c1-4-39-30(37)23-9-8-16-33(19-23)29(36)22-14-12-21(13-15-22)18-34-20(3)28(31(38)40-5-2)25(17-27(34)35)24-10-6-7-11-26(24)32/h6-7,10-15,23,25H,4-5,8-9,16-19H2,1-3H3. The number of carbonyl (C=O) groups excluding carboxylic acids is 4. The largest absolute Gasteiger partial charge is 0.466 e. The van der Waals surface area contributed by atoms with E-state index in [0.29, 0.717) is 37.4 Å². The van der Waals surface area contributed by atoms with Crippen molar-refractivity contribution in [1.29, 1.82) is 0 Å². The number of hydrogen-bond acceptors (Lipinski definition) is 6. The molecule has 8 nitrogen and oxygen atoms in total. The minimum atomic E-state index is -0.744. The van der Waals surface area contributed by atoms with Crippen LogP contribution in [0, 0.1) is 11.7 Å². The van der Waals surface area contributed by atoms with Crippen LogP contribution in [-0.4, -0.2) is 59.9 Å². The van der Waals surface area contributed by atoms with Crippen LogP contribution in [0.4, 0.5) is 4.39 Å². The van der Waals surface area contributed by atoms with Crippen LogP contribution in [0.1, 0.15) is 67.4 Å². The molecule has 2 aromatic carbocycles. The minimum absolute atomic E-state index is 0.0699. The fourth-order valence-electron chi connectivity index (χ4n) is 5.43. The van der Waals surface area contributed by atoms with E-state index >= 15 is 0 Å². The van der Waals surface area contributed by atoms with Crippen molar-refractivity contribution < 1.29 is 33.0 Å². The van der Waals surface area contributed by atoms with E-state index in [1.54, 1.807) is 68.1 Å². The predicted molar refractivity (Wildman–Crippen MR) is 145 cm³/mol. The molecule has 0 aliphatic carbocycles. The second-order valence-corrected chi connectivity index (χ2v) is 10.0. The lowest BCUT2D eigenvalue weighted by Crippen LogP contribution is -2.42. The van der Waals surface area contributed by atoms with Gasteiger partial charge in [-0.05, 0) is 62.9 Å². The summed E-state index contributed by atoms with van der Waals surface area (Å²) in [6, 6.07) is 13.1. The zero-order valence-electron chi connectivity index (χ0n) is 23.2. The number of esters is 2. The van der Waals surface area contributed by atoms with E-state index in [0.717, 1.165) is 12.0 Å². The van der Waals surface area contributed by atoms with Gasteiger partial charge in [-0.25, -0.2) is 9.18 Å². The van der Waals surface area contributed by atoms with Gasteiger partial charge >= 0.3 is 11.9 Å². The molecule has 1 saturated heterocycles. The van der Waals surface area contributed by atoms with E-state index in [1.165, 1.54) is 11.0 Å². The van der Waals surface area contributed by atoms with Gasteiger partial charge in [0.15, 0.2) is 0 Å². The number of allylic oxidation sites excluding steroid dienone is 1. The van der Waals surface area contributed by atoms with Crippen LogP contribution in [0.5, 0.6) is 0 Å². The summed E-state index contributed by atoms with van der Waals surface area (Å²) >= 11 is 0. The van der Waals surface area contributed by atoms with Crippen molar-refractivity contribution in [2.45, 2.75) is 52.5 Å².